The zero-order chi connectivity index (χ0) is 9.68. The minimum absolute atomic E-state index is 0.0693. The van der Waals surface area contributed by atoms with E-state index in [1.54, 1.807) is 13.0 Å². The number of aliphatic hydroxyl groups excluding tert-OH is 1. The Morgan fingerprint density at radius 2 is 2.54 bits per heavy atom. The maximum atomic E-state index is 11.3. The van der Waals surface area contributed by atoms with Crippen LogP contribution in [0.1, 0.15) is 19.8 Å². The maximum absolute atomic E-state index is 11.3. The van der Waals surface area contributed by atoms with E-state index in [-0.39, 0.29) is 12.6 Å². The second kappa shape index (κ2) is 4.82. The van der Waals surface area contributed by atoms with Gasteiger partial charge in [-0.2, -0.15) is 0 Å². The van der Waals surface area contributed by atoms with Crippen LogP contribution >= 0.6 is 0 Å². The van der Waals surface area contributed by atoms with E-state index < -0.39 is 6.10 Å². The standard InChI is InChI=1S/C10H14O3/c1-8(11)7-13-10(12)9-5-3-2-4-6-9/h2-3,5,8,11H,4,6-7H2,1H3. The SMILES string of the molecule is CC(O)COC(=O)C1=CC=CCC1. The Labute approximate surface area is 77.7 Å². The van der Waals surface area contributed by atoms with E-state index >= 15 is 0 Å². The van der Waals surface area contributed by atoms with E-state index in [1.165, 1.54) is 0 Å². The highest BCUT2D eigenvalue weighted by atomic mass is 16.5. The first-order valence-electron chi connectivity index (χ1n) is 4.41. The maximum Gasteiger partial charge on any atom is 0.334 e. The first kappa shape index (κ1) is 9.99. The lowest BCUT2D eigenvalue weighted by Gasteiger charge is -2.10. The fourth-order valence-electron chi connectivity index (χ4n) is 1.06. The van der Waals surface area contributed by atoms with Gasteiger partial charge in [-0.3, -0.25) is 0 Å². The molecule has 0 aromatic rings. The van der Waals surface area contributed by atoms with Gasteiger partial charge in [0.05, 0.1) is 6.10 Å². The van der Waals surface area contributed by atoms with Crippen LogP contribution in [0.4, 0.5) is 0 Å². The van der Waals surface area contributed by atoms with E-state index in [9.17, 15) is 4.79 Å². The van der Waals surface area contributed by atoms with Crippen LogP contribution in [-0.4, -0.2) is 23.8 Å². The summed E-state index contributed by atoms with van der Waals surface area (Å²) in [6, 6.07) is 0. The van der Waals surface area contributed by atoms with Crippen molar-refractivity contribution >= 4 is 5.97 Å². The van der Waals surface area contributed by atoms with E-state index in [0.717, 1.165) is 12.8 Å². The Kier molecular flexibility index (Phi) is 3.71. The van der Waals surface area contributed by atoms with Crippen molar-refractivity contribution in [3.63, 3.8) is 0 Å². The highest BCUT2D eigenvalue weighted by molar-refractivity contribution is 5.89. The molecule has 3 heteroatoms. The molecule has 0 amide bonds. The lowest BCUT2D eigenvalue weighted by atomic mass is 10.1. The third-order valence-electron chi connectivity index (χ3n) is 1.73. The molecule has 1 atom stereocenters. The molecule has 0 aliphatic heterocycles. The predicted octanol–water partition coefficient (Wildman–Crippen LogP) is 1.19. The summed E-state index contributed by atoms with van der Waals surface area (Å²) < 4.78 is 4.85. The molecule has 1 rings (SSSR count). The molecular formula is C10H14O3. The molecule has 13 heavy (non-hydrogen) atoms. The van der Waals surface area contributed by atoms with Crippen LogP contribution in [0.2, 0.25) is 0 Å². The summed E-state index contributed by atoms with van der Waals surface area (Å²) in [5.74, 6) is -0.315. The summed E-state index contributed by atoms with van der Waals surface area (Å²) in [6.45, 7) is 1.66. The van der Waals surface area contributed by atoms with Crippen molar-refractivity contribution in [1.29, 1.82) is 0 Å². The summed E-state index contributed by atoms with van der Waals surface area (Å²) in [5.41, 5.74) is 0.683. The molecule has 72 valence electrons. The molecule has 0 heterocycles. The second-order valence-corrected chi connectivity index (χ2v) is 3.11. The second-order valence-electron chi connectivity index (χ2n) is 3.11. The quantitative estimate of drug-likeness (QED) is 0.667. The fraction of sp³-hybridized carbons (Fsp3) is 0.500. The number of rotatable bonds is 3. The van der Waals surface area contributed by atoms with Crippen molar-refractivity contribution in [2.24, 2.45) is 0 Å². The number of carbonyl (C=O) groups is 1. The number of allylic oxidation sites excluding steroid dienone is 3. The summed E-state index contributed by atoms with van der Waals surface area (Å²) in [5, 5.41) is 8.89. The van der Waals surface area contributed by atoms with Crippen molar-refractivity contribution in [3.05, 3.63) is 23.8 Å². The topological polar surface area (TPSA) is 46.5 Å². The van der Waals surface area contributed by atoms with Crippen LogP contribution in [0.25, 0.3) is 0 Å². The van der Waals surface area contributed by atoms with Crippen molar-refractivity contribution in [2.45, 2.75) is 25.9 Å². The highest BCUT2D eigenvalue weighted by Gasteiger charge is 2.11. The van der Waals surface area contributed by atoms with Crippen LogP contribution in [0.3, 0.4) is 0 Å². The Morgan fingerprint density at radius 3 is 3.08 bits per heavy atom. The van der Waals surface area contributed by atoms with Gasteiger partial charge in [0.25, 0.3) is 0 Å². The summed E-state index contributed by atoms with van der Waals surface area (Å²) >= 11 is 0. The molecule has 1 aliphatic rings. The number of carbonyl (C=O) groups excluding carboxylic acids is 1. The van der Waals surface area contributed by atoms with Crippen LogP contribution < -0.4 is 0 Å². The van der Waals surface area contributed by atoms with Crippen LogP contribution in [0.5, 0.6) is 0 Å². The van der Waals surface area contributed by atoms with Gasteiger partial charge in [-0.15, -0.1) is 0 Å². The van der Waals surface area contributed by atoms with Gasteiger partial charge < -0.3 is 9.84 Å². The Hall–Kier alpha value is -1.09. The van der Waals surface area contributed by atoms with Gasteiger partial charge in [-0.25, -0.2) is 4.79 Å². The zero-order valence-corrected chi connectivity index (χ0v) is 7.69. The van der Waals surface area contributed by atoms with Crippen molar-refractivity contribution < 1.29 is 14.6 Å². The van der Waals surface area contributed by atoms with E-state index in [2.05, 4.69) is 0 Å². The first-order chi connectivity index (χ1) is 6.20. The number of aliphatic hydroxyl groups is 1. The molecule has 0 radical (unpaired) electrons. The van der Waals surface area contributed by atoms with E-state index in [4.69, 9.17) is 9.84 Å². The van der Waals surface area contributed by atoms with Crippen molar-refractivity contribution in [3.8, 4) is 0 Å². The average Bonchev–Trinajstić information content (AvgIpc) is 2.15. The van der Waals surface area contributed by atoms with Crippen LogP contribution in [-0.2, 0) is 9.53 Å². The largest absolute Gasteiger partial charge is 0.460 e. The molecule has 0 spiro atoms. The molecule has 0 saturated carbocycles. The molecule has 3 nitrogen and oxygen atoms in total. The molecule has 0 aromatic carbocycles. The minimum atomic E-state index is -0.594. The van der Waals surface area contributed by atoms with Gasteiger partial charge in [0.1, 0.15) is 6.61 Å². The lowest BCUT2D eigenvalue weighted by molar-refractivity contribution is -0.141. The third-order valence-corrected chi connectivity index (χ3v) is 1.73. The Bertz CT molecular complexity index is 239. The monoisotopic (exact) mass is 182 g/mol. The summed E-state index contributed by atoms with van der Waals surface area (Å²) in [4.78, 5) is 11.3. The molecule has 1 N–H and O–H groups in total. The first-order valence-corrected chi connectivity index (χ1v) is 4.41. The normalized spacial score (nSPS) is 17.8. The van der Waals surface area contributed by atoms with Crippen LogP contribution in [0, 0.1) is 0 Å². The average molecular weight is 182 g/mol. The number of ether oxygens (including phenoxy) is 1. The molecule has 0 bridgehead atoms. The fourth-order valence-corrected chi connectivity index (χ4v) is 1.06. The Morgan fingerprint density at radius 1 is 1.77 bits per heavy atom. The Balaban J connectivity index is 2.38. The molecule has 1 unspecified atom stereocenters. The minimum Gasteiger partial charge on any atom is -0.460 e. The summed E-state index contributed by atoms with van der Waals surface area (Å²) in [6.07, 6.45) is 6.63. The molecular weight excluding hydrogens is 168 g/mol. The van der Waals surface area contributed by atoms with Gasteiger partial charge in [0.2, 0.25) is 0 Å². The molecule has 1 aliphatic carbocycles. The molecule has 0 fully saturated rings. The van der Waals surface area contributed by atoms with Gasteiger partial charge in [-0.1, -0.05) is 18.2 Å². The number of hydrogen-bond donors (Lipinski definition) is 1. The van der Waals surface area contributed by atoms with Crippen molar-refractivity contribution in [2.75, 3.05) is 6.61 Å². The molecule has 0 aromatic heterocycles. The molecule has 0 saturated heterocycles. The number of hydrogen-bond acceptors (Lipinski definition) is 3. The van der Waals surface area contributed by atoms with E-state index in [1.807, 2.05) is 12.2 Å². The van der Waals surface area contributed by atoms with Gasteiger partial charge >= 0.3 is 5.97 Å². The van der Waals surface area contributed by atoms with Crippen LogP contribution in [0.15, 0.2) is 23.8 Å². The van der Waals surface area contributed by atoms with E-state index in [0.29, 0.717) is 5.57 Å². The van der Waals surface area contributed by atoms with Crippen molar-refractivity contribution in [1.82, 2.24) is 0 Å². The number of esters is 1. The summed E-state index contributed by atoms with van der Waals surface area (Å²) in [7, 11) is 0. The predicted molar refractivity (Wildman–Crippen MR) is 49.1 cm³/mol. The van der Waals surface area contributed by atoms with Gasteiger partial charge in [-0.05, 0) is 19.8 Å². The smallest absolute Gasteiger partial charge is 0.334 e. The zero-order valence-electron chi connectivity index (χ0n) is 7.69. The lowest BCUT2D eigenvalue weighted by Crippen LogP contribution is -2.17. The third kappa shape index (κ3) is 3.42. The highest BCUT2D eigenvalue weighted by Crippen LogP contribution is 2.12. The van der Waals surface area contributed by atoms with Gasteiger partial charge in [0.15, 0.2) is 0 Å². The van der Waals surface area contributed by atoms with Gasteiger partial charge in [0, 0.05) is 5.57 Å².